The molecular weight excluding hydrogens is 391 g/mol. The maximum absolute atomic E-state index is 17.1. The molecule has 7 heteroatoms. The van der Waals surface area contributed by atoms with Crippen molar-refractivity contribution >= 4 is 5.78 Å². The minimum atomic E-state index is -1.84. The van der Waals surface area contributed by atoms with Crippen molar-refractivity contribution in [3.63, 3.8) is 0 Å². The largest absolute Gasteiger partial charge is 0.390 e. The van der Waals surface area contributed by atoms with Crippen molar-refractivity contribution in [3.05, 3.63) is 23.8 Å². The van der Waals surface area contributed by atoms with Gasteiger partial charge >= 0.3 is 5.97 Å². The molecule has 7 atom stereocenters. The number of carbonyl (C=O) groups excluding carboxylic acids is 1. The molecular formula is C23H29FO6. The number of fused-ring (bicyclic) bond motifs is 7. The molecule has 0 aromatic heterocycles. The monoisotopic (exact) mass is 420 g/mol. The Kier molecular flexibility index (Phi) is 3.79. The normalized spacial score (nSPS) is 53.7. The van der Waals surface area contributed by atoms with Crippen LogP contribution < -0.4 is 0 Å². The van der Waals surface area contributed by atoms with Crippen LogP contribution in [0.2, 0.25) is 0 Å². The molecule has 6 aliphatic rings. The van der Waals surface area contributed by atoms with Crippen molar-refractivity contribution in [2.75, 3.05) is 20.0 Å². The van der Waals surface area contributed by atoms with Crippen molar-refractivity contribution in [3.8, 4) is 0 Å². The minimum Gasteiger partial charge on any atom is -0.390 e. The first-order valence-corrected chi connectivity index (χ1v) is 11.1. The van der Waals surface area contributed by atoms with E-state index in [2.05, 4.69) is 6.92 Å². The lowest BCUT2D eigenvalue weighted by Gasteiger charge is -2.63. The van der Waals surface area contributed by atoms with E-state index in [4.69, 9.17) is 18.9 Å². The van der Waals surface area contributed by atoms with Gasteiger partial charge in [0.25, 0.3) is 0 Å². The van der Waals surface area contributed by atoms with Gasteiger partial charge < -0.3 is 19.3 Å². The number of allylic oxidation sites excluding steroid dienone is 4. The van der Waals surface area contributed by atoms with Gasteiger partial charge in [-0.1, -0.05) is 18.6 Å². The molecule has 6 rings (SSSR count). The SMILES string of the molecule is CC12C=CC(=O)C=C1CCC1C3CCC4(OCOC45OCCO5)C3(C)CC(O)C12F. The van der Waals surface area contributed by atoms with Crippen LogP contribution in [-0.2, 0) is 23.7 Å². The summed E-state index contributed by atoms with van der Waals surface area (Å²) >= 11 is 0. The van der Waals surface area contributed by atoms with Crippen LogP contribution in [0.25, 0.3) is 0 Å². The Labute approximate surface area is 175 Å². The van der Waals surface area contributed by atoms with Crippen molar-refractivity contribution in [2.24, 2.45) is 22.7 Å². The van der Waals surface area contributed by atoms with Crippen molar-refractivity contribution in [2.45, 2.75) is 69.3 Å². The first-order chi connectivity index (χ1) is 14.2. The van der Waals surface area contributed by atoms with Gasteiger partial charge in [0, 0.05) is 16.7 Å². The van der Waals surface area contributed by atoms with Crippen molar-refractivity contribution in [1.29, 1.82) is 0 Å². The molecule has 4 aliphatic carbocycles. The molecule has 0 aromatic carbocycles. The third-order valence-corrected chi connectivity index (χ3v) is 9.48. The summed E-state index contributed by atoms with van der Waals surface area (Å²) in [5.41, 5.74) is -3.44. The number of aliphatic hydroxyl groups is 1. The van der Waals surface area contributed by atoms with E-state index in [1.165, 1.54) is 6.08 Å². The summed E-state index contributed by atoms with van der Waals surface area (Å²) in [5.74, 6) is -1.74. The molecule has 5 fully saturated rings. The molecule has 3 saturated carbocycles. The molecule has 0 aromatic rings. The summed E-state index contributed by atoms with van der Waals surface area (Å²) in [6.45, 7) is 4.85. The van der Waals surface area contributed by atoms with E-state index in [-0.39, 0.29) is 30.8 Å². The molecule has 7 unspecified atom stereocenters. The summed E-state index contributed by atoms with van der Waals surface area (Å²) in [7, 11) is 0. The zero-order valence-electron chi connectivity index (χ0n) is 17.5. The number of carbonyl (C=O) groups is 1. The predicted molar refractivity (Wildman–Crippen MR) is 103 cm³/mol. The van der Waals surface area contributed by atoms with Crippen LogP contribution in [-0.4, -0.2) is 54.2 Å². The van der Waals surface area contributed by atoms with E-state index in [1.54, 1.807) is 12.2 Å². The van der Waals surface area contributed by atoms with Gasteiger partial charge in [-0.05, 0) is 57.1 Å². The molecule has 1 N–H and O–H groups in total. The lowest BCUT2D eigenvalue weighted by Crippen LogP contribution is -2.70. The lowest BCUT2D eigenvalue weighted by molar-refractivity contribution is -0.364. The fraction of sp³-hybridized carbons (Fsp3) is 0.783. The minimum absolute atomic E-state index is 0.0123. The number of ketones is 1. The number of ether oxygens (including phenoxy) is 4. The number of alkyl halides is 1. The van der Waals surface area contributed by atoms with E-state index in [9.17, 15) is 9.90 Å². The second-order valence-corrected chi connectivity index (χ2v) is 10.3. The zero-order valence-corrected chi connectivity index (χ0v) is 17.5. The molecule has 2 heterocycles. The third-order valence-electron chi connectivity index (χ3n) is 9.48. The summed E-state index contributed by atoms with van der Waals surface area (Å²) in [5, 5.41) is 11.4. The highest BCUT2D eigenvalue weighted by Gasteiger charge is 2.80. The fourth-order valence-corrected chi connectivity index (χ4v) is 8.06. The van der Waals surface area contributed by atoms with Gasteiger partial charge in [0.15, 0.2) is 23.8 Å². The molecule has 30 heavy (non-hydrogen) atoms. The van der Waals surface area contributed by atoms with Gasteiger partial charge in [-0.3, -0.25) is 9.53 Å². The van der Waals surface area contributed by atoms with Crippen LogP contribution in [0.1, 0.15) is 46.0 Å². The van der Waals surface area contributed by atoms with Crippen LogP contribution >= 0.6 is 0 Å². The van der Waals surface area contributed by atoms with E-state index in [0.29, 0.717) is 32.5 Å². The van der Waals surface area contributed by atoms with Gasteiger partial charge in [0.1, 0.15) is 0 Å². The standard InChI is InChI=1S/C23H29FO6/c1-19-7-5-15(25)11-14(19)3-4-17-16-6-8-21(20(16,2)12-18(26)22(17,19)24)23(30-13-29-21)27-9-10-28-23/h5,7,11,16-18,26H,3-4,6,8-10,12-13H2,1-2H3. The highest BCUT2D eigenvalue weighted by Crippen LogP contribution is 2.73. The Bertz CT molecular complexity index is 858. The molecule has 164 valence electrons. The van der Waals surface area contributed by atoms with Crippen molar-refractivity contribution in [1.82, 2.24) is 0 Å². The average Bonchev–Trinajstić information content (AvgIpc) is 3.40. The Balaban J connectivity index is 1.45. The summed E-state index contributed by atoms with van der Waals surface area (Å²) in [4.78, 5) is 11.9. The first-order valence-electron chi connectivity index (χ1n) is 11.1. The quantitative estimate of drug-likeness (QED) is 0.650. The molecule has 2 aliphatic heterocycles. The highest BCUT2D eigenvalue weighted by molar-refractivity contribution is 6.01. The lowest BCUT2D eigenvalue weighted by atomic mass is 9.44. The smallest absolute Gasteiger partial charge is 0.316 e. The Morgan fingerprint density at radius 3 is 2.63 bits per heavy atom. The van der Waals surface area contributed by atoms with E-state index >= 15 is 4.39 Å². The number of hydrogen-bond acceptors (Lipinski definition) is 6. The van der Waals surface area contributed by atoms with Crippen LogP contribution in [0.4, 0.5) is 4.39 Å². The topological polar surface area (TPSA) is 74.2 Å². The number of rotatable bonds is 0. The van der Waals surface area contributed by atoms with Crippen LogP contribution in [0.15, 0.2) is 23.8 Å². The van der Waals surface area contributed by atoms with Crippen molar-refractivity contribution < 1.29 is 33.2 Å². The van der Waals surface area contributed by atoms with E-state index in [1.807, 2.05) is 6.92 Å². The zero-order chi connectivity index (χ0) is 21.0. The Hall–Kier alpha value is -1.12. The number of hydrogen-bond donors (Lipinski definition) is 1. The van der Waals surface area contributed by atoms with E-state index < -0.39 is 34.2 Å². The second-order valence-electron chi connectivity index (χ2n) is 10.3. The first kappa shape index (κ1) is 19.6. The average molecular weight is 420 g/mol. The molecule has 0 radical (unpaired) electrons. The van der Waals surface area contributed by atoms with Gasteiger partial charge in [0.2, 0.25) is 0 Å². The van der Waals surface area contributed by atoms with Crippen LogP contribution in [0, 0.1) is 22.7 Å². The van der Waals surface area contributed by atoms with Gasteiger partial charge in [-0.15, -0.1) is 0 Å². The maximum Gasteiger partial charge on any atom is 0.316 e. The van der Waals surface area contributed by atoms with Gasteiger partial charge in [-0.2, -0.15) is 0 Å². The molecule has 0 amide bonds. The van der Waals surface area contributed by atoms with Crippen LogP contribution in [0.5, 0.6) is 0 Å². The summed E-state index contributed by atoms with van der Waals surface area (Å²) in [6, 6.07) is 0. The maximum atomic E-state index is 17.1. The van der Waals surface area contributed by atoms with Gasteiger partial charge in [0.05, 0.1) is 19.3 Å². The van der Waals surface area contributed by atoms with Gasteiger partial charge in [-0.25, -0.2) is 4.39 Å². The Morgan fingerprint density at radius 1 is 1.10 bits per heavy atom. The molecule has 2 saturated heterocycles. The molecule has 0 bridgehead atoms. The summed E-state index contributed by atoms with van der Waals surface area (Å²) in [6.07, 6.45) is 6.39. The Morgan fingerprint density at radius 2 is 1.87 bits per heavy atom. The summed E-state index contributed by atoms with van der Waals surface area (Å²) < 4.78 is 41.2. The predicted octanol–water partition coefficient (Wildman–Crippen LogP) is 2.80. The number of halogens is 1. The van der Waals surface area contributed by atoms with Crippen LogP contribution in [0.3, 0.4) is 0 Å². The second kappa shape index (κ2) is 5.81. The fourth-order valence-electron chi connectivity index (χ4n) is 8.06. The third kappa shape index (κ3) is 1.92. The van der Waals surface area contributed by atoms with E-state index in [0.717, 1.165) is 12.0 Å². The highest BCUT2D eigenvalue weighted by atomic mass is 19.1. The molecule has 6 nitrogen and oxygen atoms in total. The molecule has 2 spiro atoms. The number of aliphatic hydroxyl groups excluding tert-OH is 1.